The zero-order valence-corrected chi connectivity index (χ0v) is 24.0. The van der Waals surface area contributed by atoms with Gasteiger partial charge < -0.3 is 0 Å². The standard InChI is InChI=1S/C42H29N/c1-28-12-14-32(15-13-28)41-37-8-2-4-10-39(37)42(40-11-5-3-9-38(40)41)34-23-21-31-20-22-33(25-36(31)26-34)29-16-18-30(19-17-29)35-7-6-24-43-27-35/h2-27H,1H3. The van der Waals surface area contributed by atoms with Crippen molar-refractivity contribution in [1.82, 2.24) is 4.98 Å². The minimum absolute atomic E-state index is 1.13. The Bertz CT molecular complexity index is 2200. The first-order valence-electron chi connectivity index (χ1n) is 14.8. The molecule has 1 heteroatoms. The van der Waals surface area contributed by atoms with E-state index in [4.69, 9.17) is 0 Å². The van der Waals surface area contributed by atoms with E-state index in [2.05, 4.69) is 151 Å². The molecule has 8 aromatic rings. The molecule has 0 bridgehead atoms. The zero-order chi connectivity index (χ0) is 28.8. The number of hydrogen-bond acceptors (Lipinski definition) is 1. The van der Waals surface area contributed by atoms with Crippen molar-refractivity contribution in [3.63, 3.8) is 0 Å². The molecule has 202 valence electrons. The quantitative estimate of drug-likeness (QED) is 0.200. The van der Waals surface area contributed by atoms with E-state index in [9.17, 15) is 0 Å². The lowest BCUT2D eigenvalue weighted by molar-refractivity contribution is 1.33. The van der Waals surface area contributed by atoms with E-state index in [1.165, 1.54) is 76.8 Å². The molecule has 0 atom stereocenters. The van der Waals surface area contributed by atoms with Crippen molar-refractivity contribution in [2.45, 2.75) is 6.92 Å². The second-order valence-corrected chi connectivity index (χ2v) is 11.3. The summed E-state index contributed by atoms with van der Waals surface area (Å²) in [5.41, 5.74) is 11.1. The molecule has 43 heavy (non-hydrogen) atoms. The van der Waals surface area contributed by atoms with Crippen LogP contribution in [0.3, 0.4) is 0 Å². The van der Waals surface area contributed by atoms with Crippen molar-refractivity contribution in [3.05, 3.63) is 164 Å². The van der Waals surface area contributed by atoms with Crippen LogP contribution in [0.5, 0.6) is 0 Å². The Kier molecular flexibility index (Phi) is 6.09. The van der Waals surface area contributed by atoms with Gasteiger partial charge in [-0.2, -0.15) is 0 Å². The predicted molar refractivity (Wildman–Crippen MR) is 183 cm³/mol. The van der Waals surface area contributed by atoms with Crippen molar-refractivity contribution < 1.29 is 0 Å². The molecule has 0 fully saturated rings. The second kappa shape index (κ2) is 10.4. The second-order valence-electron chi connectivity index (χ2n) is 11.3. The van der Waals surface area contributed by atoms with Crippen molar-refractivity contribution in [3.8, 4) is 44.5 Å². The minimum Gasteiger partial charge on any atom is -0.264 e. The van der Waals surface area contributed by atoms with E-state index in [-0.39, 0.29) is 0 Å². The van der Waals surface area contributed by atoms with Gasteiger partial charge in [0.2, 0.25) is 0 Å². The van der Waals surface area contributed by atoms with Gasteiger partial charge in [-0.3, -0.25) is 4.98 Å². The molecule has 0 aliphatic carbocycles. The molecule has 7 aromatic carbocycles. The molecule has 0 aliphatic rings. The van der Waals surface area contributed by atoms with Crippen molar-refractivity contribution in [1.29, 1.82) is 0 Å². The molecular formula is C42H29N. The maximum absolute atomic E-state index is 4.27. The van der Waals surface area contributed by atoms with Crippen LogP contribution in [0.15, 0.2) is 158 Å². The van der Waals surface area contributed by atoms with Gasteiger partial charge in [0, 0.05) is 12.4 Å². The molecule has 0 N–H and O–H groups in total. The average Bonchev–Trinajstić information content (AvgIpc) is 3.07. The number of aromatic nitrogens is 1. The number of aryl methyl sites for hydroxylation is 1. The van der Waals surface area contributed by atoms with Crippen LogP contribution in [0.4, 0.5) is 0 Å². The van der Waals surface area contributed by atoms with E-state index < -0.39 is 0 Å². The van der Waals surface area contributed by atoms with Crippen LogP contribution in [0.1, 0.15) is 5.56 Å². The van der Waals surface area contributed by atoms with Gasteiger partial charge in [-0.1, -0.05) is 133 Å². The maximum atomic E-state index is 4.27. The molecule has 1 aromatic heterocycles. The Morgan fingerprint density at radius 1 is 0.372 bits per heavy atom. The summed E-state index contributed by atoms with van der Waals surface area (Å²) in [6.45, 7) is 2.14. The van der Waals surface area contributed by atoms with E-state index in [1.807, 2.05) is 18.5 Å². The molecule has 0 spiro atoms. The molecule has 1 heterocycles. The van der Waals surface area contributed by atoms with Crippen LogP contribution in [-0.4, -0.2) is 4.98 Å². The first-order chi connectivity index (χ1) is 21.2. The lowest BCUT2D eigenvalue weighted by Crippen LogP contribution is -1.91. The van der Waals surface area contributed by atoms with Crippen molar-refractivity contribution in [2.75, 3.05) is 0 Å². The zero-order valence-electron chi connectivity index (χ0n) is 24.0. The monoisotopic (exact) mass is 547 g/mol. The lowest BCUT2D eigenvalue weighted by Gasteiger charge is -2.18. The summed E-state index contributed by atoms with van der Waals surface area (Å²) in [7, 11) is 0. The Hall–Kier alpha value is -5.53. The topological polar surface area (TPSA) is 12.9 Å². The van der Waals surface area contributed by atoms with E-state index in [0.29, 0.717) is 0 Å². The number of hydrogen-bond donors (Lipinski definition) is 0. The van der Waals surface area contributed by atoms with Crippen molar-refractivity contribution >= 4 is 32.3 Å². The molecular weight excluding hydrogens is 518 g/mol. The van der Waals surface area contributed by atoms with E-state index in [0.717, 1.165) is 5.56 Å². The summed E-state index contributed by atoms with van der Waals surface area (Å²) in [6.07, 6.45) is 3.72. The number of fused-ring (bicyclic) bond motifs is 3. The highest BCUT2D eigenvalue weighted by atomic mass is 14.6. The first-order valence-corrected chi connectivity index (χ1v) is 14.8. The highest BCUT2D eigenvalue weighted by Gasteiger charge is 2.16. The van der Waals surface area contributed by atoms with Crippen LogP contribution < -0.4 is 0 Å². The molecule has 0 unspecified atom stereocenters. The molecule has 0 amide bonds. The Morgan fingerprint density at radius 3 is 1.44 bits per heavy atom. The number of rotatable bonds is 4. The Morgan fingerprint density at radius 2 is 0.860 bits per heavy atom. The van der Waals surface area contributed by atoms with Gasteiger partial charge in [0.25, 0.3) is 0 Å². The predicted octanol–water partition coefficient (Wildman–Crippen LogP) is 11.5. The Balaban J connectivity index is 1.29. The molecule has 0 saturated carbocycles. The Labute approximate surface area is 251 Å². The molecule has 0 aliphatic heterocycles. The maximum Gasteiger partial charge on any atom is 0.0346 e. The summed E-state index contributed by atoms with van der Waals surface area (Å²) in [4.78, 5) is 4.27. The van der Waals surface area contributed by atoms with Crippen LogP contribution in [-0.2, 0) is 0 Å². The third-order valence-electron chi connectivity index (χ3n) is 8.61. The SMILES string of the molecule is Cc1ccc(-c2c3ccccc3c(-c3ccc4ccc(-c5ccc(-c6cccnc6)cc5)cc4c3)c3ccccc23)cc1. The minimum atomic E-state index is 1.13. The molecule has 1 nitrogen and oxygen atoms in total. The van der Waals surface area contributed by atoms with Gasteiger partial charge in [0.15, 0.2) is 0 Å². The van der Waals surface area contributed by atoms with Gasteiger partial charge in [-0.05, 0) is 102 Å². The summed E-state index contributed by atoms with van der Waals surface area (Å²) in [6, 6.07) is 53.2. The molecule has 0 radical (unpaired) electrons. The van der Waals surface area contributed by atoms with E-state index in [1.54, 1.807) is 0 Å². The summed E-state index contributed by atoms with van der Waals surface area (Å²) in [5, 5.41) is 7.59. The van der Waals surface area contributed by atoms with Gasteiger partial charge in [0.05, 0.1) is 0 Å². The average molecular weight is 548 g/mol. The number of benzene rings is 7. The fourth-order valence-electron chi connectivity index (χ4n) is 6.44. The number of pyridine rings is 1. The fourth-order valence-corrected chi connectivity index (χ4v) is 6.44. The summed E-state index contributed by atoms with van der Waals surface area (Å²) >= 11 is 0. The highest BCUT2D eigenvalue weighted by molar-refractivity contribution is 6.21. The fraction of sp³-hybridized carbons (Fsp3) is 0.0238. The van der Waals surface area contributed by atoms with Gasteiger partial charge in [0.1, 0.15) is 0 Å². The lowest BCUT2D eigenvalue weighted by atomic mass is 9.85. The van der Waals surface area contributed by atoms with Gasteiger partial charge in [-0.25, -0.2) is 0 Å². The van der Waals surface area contributed by atoms with Crippen molar-refractivity contribution in [2.24, 2.45) is 0 Å². The van der Waals surface area contributed by atoms with Crippen LogP contribution >= 0.6 is 0 Å². The van der Waals surface area contributed by atoms with Crippen LogP contribution in [0.2, 0.25) is 0 Å². The first kappa shape index (κ1) is 25.2. The van der Waals surface area contributed by atoms with Crippen LogP contribution in [0, 0.1) is 6.92 Å². The van der Waals surface area contributed by atoms with Gasteiger partial charge >= 0.3 is 0 Å². The number of nitrogens with zero attached hydrogens (tertiary/aromatic N) is 1. The normalized spacial score (nSPS) is 11.4. The largest absolute Gasteiger partial charge is 0.264 e. The third-order valence-corrected chi connectivity index (χ3v) is 8.61. The third kappa shape index (κ3) is 4.47. The summed E-state index contributed by atoms with van der Waals surface area (Å²) < 4.78 is 0. The van der Waals surface area contributed by atoms with Gasteiger partial charge in [-0.15, -0.1) is 0 Å². The van der Waals surface area contributed by atoms with Crippen LogP contribution in [0.25, 0.3) is 76.8 Å². The van der Waals surface area contributed by atoms with E-state index >= 15 is 0 Å². The highest BCUT2D eigenvalue weighted by Crippen LogP contribution is 2.44. The molecule has 0 saturated heterocycles. The molecule has 8 rings (SSSR count). The summed E-state index contributed by atoms with van der Waals surface area (Å²) in [5.74, 6) is 0. The smallest absolute Gasteiger partial charge is 0.0346 e.